The normalized spacial score (nSPS) is 11.6. The van der Waals surface area contributed by atoms with Crippen molar-refractivity contribution in [3.05, 3.63) is 119 Å². The van der Waals surface area contributed by atoms with E-state index in [-0.39, 0.29) is 27.3 Å². The van der Waals surface area contributed by atoms with Gasteiger partial charge in [0.1, 0.15) is 11.5 Å². The van der Waals surface area contributed by atoms with E-state index >= 15 is 0 Å². The van der Waals surface area contributed by atoms with E-state index in [9.17, 15) is 10.2 Å². The Kier molecular flexibility index (Phi) is 11.2. The second-order valence-electron chi connectivity index (χ2n) is 11.2. The number of hydrogen-bond donors (Lipinski definition) is 2. The van der Waals surface area contributed by atoms with Crippen LogP contribution in [-0.4, -0.2) is 22.6 Å². The van der Waals surface area contributed by atoms with Crippen LogP contribution in [0.4, 0.5) is 11.4 Å². The van der Waals surface area contributed by atoms with Gasteiger partial charge < -0.3 is 10.2 Å². The maximum Gasteiger partial charge on any atom is 0.128 e. The van der Waals surface area contributed by atoms with Crippen LogP contribution in [-0.2, 0) is 27.3 Å². The summed E-state index contributed by atoms with van der Waals surface area (Å²) in [5, 5.41) is 20.6. The van der Waals surface area contributed by atoms with Gasteiger partial charge in [0.05, 0.1) is 11.4 Å². The zero-order valence-electron chi connectivity index (χ0n) is 23.5. The van der Waals surface area contributed by atoms with Crippen LogP contribution in [0.3, 0.4) is 0 Å². The third-order valence-electron chi connectivity index (χ3n) is 5.97. The SMILES string of the molecule is CC(C)(C)c1cccc(C=Nc2ccccc2)c1O.CC(C)(C)c1cccc(C=Nc2ccccc2)c1O.[Ni]. The van der Waals surface area contributed by atoms with E-state index < -0.39 is 0 Å². The summed E-state index contributed by atoms with van der Waals surface area (Å²) in [7, 11) is 0. The number of aliphatic imine (C=N–C) groups is 2. The second kappa shape index (κ2) is 13.9. The van der Waals surface area contributed by atoms with E-state index in [2.05, 4.69) is 51.5 Å². The molecule has 0 atom stereocenters. The molecule has 4 nitrogen and oxygen atoms in total. The Morgan fingerprint density at radius 1 is 0.487 bits per heavy atom. The molecule has 5 heteroatoms. The number of nitrogens with zero attached hydrogens (tertiary/aromatic N) is 2. The van der Waals surface area contributed by atoms with Crippen molar-refractivity contribution in [3.63, 3.8) is 0 Å². The van der Waals surface area contributed by atoms with Crippen LogP contribution >= 0.6 is 0 Å². The van der Waals surface area contributed by atoms with Gasteiger partial charge in [0, 0.05) is 40.0 Å². The summed E-state index contributed by atoms with van der Waals surface area (Å²) in [6.45, 7) is 12.5. The summed E-state index contributed by atoms with van der Waals surface area (Å²) in [6, 6.07) is 31.0. The summed E-state index contributed by atoms with van der Waals surface area (Å²) in [4.78, 5) is 8.75. The van der Waals surface area contributed by atoms with E-state index in [1.165, 1.54) is 0 Å². The Hall–Kier alpha value is -3.69. The van der Waals surface area contributed by atoms with Gasteiger partial charge in [-0.25, -0.2) is 0 Å². The van der Waals surface area contributed by atoms with Gasteiger partial charge in [0.2, 0.25) is 0 Å². The van der Waals surface area contributed by atoms with E-state index in [0.717, 1.165) is 33.6 Å². The molecular weight excluding hydrogens is 527 g/mol. The molecule has 4 rings (SSSR count). The van der Waals surface area contributed by atoms with Crippen LogP contribution in [0.1, 0.15) is 63.8 Å². The van der Waals surface area contributed by atoms with Crippen molar-refractivity contribution in [2.24, 2.45) is 9.98 Å². The molecule has 0 aromatic heterocycles. The predicted octanol–water partition coefficient (Wildman–Crippen LogP) is 8.88. The van der Waals surface area contributed by atoms with E-state index in [4.69, 9.17) is 0 Å². The number of benzene rings is 4. The molecule has 4 aromatic carbocycles. The fourth-order valence-electron chi connectivity index (χ4n) is 3.86. The fraction of sp³-hybridized carbons (Fsp3) is 0.235. The number of hydrogen-bond acceptors (Lipinski definition) is 4. The van der Waals surface area contributed by atoms with Crippen molar-refractivity contribution in [2.45, 2.75) is 52.4 Å². The first-order valence-corrected chi connectivity index (χ1v) is 12.8. The van der Waals surface area contributed by atoms with Crippen LogP contribution in [0.2, 0.25) is 0 Å². The molecule has 0 bridgehead atoms. The minimum atomic E-state index is -0.0827. The third kappa shape index (κ3) is 9.23. The zero-order valence-corrected chi connectivity index (χ0v) is 24.5. The first kappa shape index (κ1) is 31.5. The summed E-state index contributed by atoms with van der Waals surface area (Å²) in [5.41, 5.74) is 4.95. The smallest absolute Gasteiger partial charge is 0.128 e. The Balaban J connectivity index is 0.000000267. The minimum Gasteiger partial charge on any atom is -0.507 e. The van der Waals surface area contributed by atoms with Crippen LogP contribution < -0.4 is 0 Å². The molecular formula is C34H38N2NiO2. The van der Waals surface area contributed by atoms with Gasteiger partial charge in [-0.15, -0.1) is 0 Å². The zero-order chi connectivity index (χ0) is 27.8. The molecule has 0 spiro atoms. The van der Waals surface area contributed by atoms with Crippen molar-refractivity contribution < 1.29 is 26.7 Å². The Labute approximate surface area is 243 Å². The molecule has 0 amide bonds. The Bertz CT molecular complexity index is 1280. The van der Waals surface area contributed by atoms with Gasteiger partial charge in [-0.3, -0.25) is 9.98 Å². The molecule has 0 saturated carbocycles. The average molecular weight is 565 g/mol. The average Bonchev–Trinajstić information content (AvgIpc) is 2.88. The van der Waals surface area contributed by atoms with Crippen molar-refractivity contribution in [1.29, 1.82) is 0 Å². The van der Waals surface area contributed by atoms with Crippen LogP contribution in [0.5, 0.6) is 11.5 Å². The molecule has 0 fully saturated rings. The number of rotatable bonds is 4. The largest absolute Gasteiger partial charge is 0.507 e. The van der Waals surface area contributed by atoms with Crippen LogP contribution in [0, 0.1) is 0 Å². The monoisotopic (exact) mass is 564 g/mol. The van der Waals surface area contributed by atoms with E-state index in [1.54, 1.807) is 12.4 Å². The Morgan fingerprint density at radius 2 is 0.821 bits per heavy atom. The summed E-state index contributed by atoms with van der Waals surface area (Å²) < 4.78 is 0. The molecule has 4 aromatic rings. The quantitative estimate of drug-likeness (QED) is 0.192. The molecule has 0 aliphatic rings. The van der Waals surface area contributed by atoms with Gasteiger partial charge in [0.15, 0.2) is 0 Å². The van der Waals surface area contributed by atoms with Gasteiger partial charge in [0.25, 0.3) is 0 Å². The number of phenols is 2. The molecule has 0 heterocycles. The molecule has 0 aliphatic carbocycles. The van der Waals surface area contributed by atoms with Crippen molar-refractivity contribution in [2.75, 3.05) is 0 Å². The van der Waals surface area contributed by atoms with Crippen molar-refractivity contribution in [3.8, 4) is 11.5 Å². The number of aromatic hydroxyl groups is 2. The first-order valence-electron chi connectivity index (χ1n) is 12.8. The topological polar surface area (TPSA) is 65.2 Å². The van der Waals surface area contributed by atoms with Crippen LogP contribution in [0.25, 0.3) is 0 Å². The number of para-hydroxylation sites is 4. The van der Waals surface area contributed by atoms with Crippen molar-refractivity contribution in [1.82, 2.24) is 0 Å². The molecule has 2 N–H and O–H groups in total. The third-order valence-corrected chi connectivity index (χ3v) is 5.97. The minimum absolute atomic E-state index is 0. The van der Waals surface area contributed by atoms with E-state index in [1.807, 2.05) is 97.1 Å². The molecule has 206 valence electrons. The maximum atomic E-state index is 10.3. The summed E-state index contributed by atoms with van der Waals surface area (Å²) in [5.74, 6) is 0.629. The van der Waals surface area contributed by atoms with Gasteiger partial charge in [-0.05, 0) is 58.4 Å². The molecule has 0 radical (unpaired) electrons. The fourth-order valence-corrected chi connectivity index (χ4v) is 3.86. The summed E-state index contributed by atoms with van der Waals surface area (Å²) >= 11 is 0. The van der Waals surface area contributed by atoms with Gasteiger partial charge in [-0.1, -0.05) is 102 Å². The van der Waals surface area contributed by atoms with E-state index in [0.29, 0.717) is 11.5 Å². The van der Waals surface area contributed by atoms with Crippen LogP contribution in [0.15, 0.2) is 107 Å². The van der Waals surface area contributed by atoms with Crippen molar-refractivity contribution >= 4 is 23.8 Å². The standard InChI is InChI=1S/2C17H19NO.Ni/c2*1-17(2,3)15-11-7-8-13(16(15)19)12-18-14-9-5-4-6-10-14;/h2*4-12,19H,1-3H3;. The Morgan fingerprint density at radius 3 is 1.13 bits per heavy atom. The maximum absolute atomic E-state index is 10.3. The second-order valence-corrected chi connectivity index (χ2v) is 11.2. The van der Waals surface area contributed by atoms with Gasteiger partial charge in [-0.2, -0.15) is 0 Å². The first-order chi connectivity index (χ1) is 18.0. The van der Waals surface area contributed by atoms with Gasteiger partial charge >= 0.3 is 0 Å². The summed E-state index contributed by atoms with van der Waals surface area (Å²) in [6.07, 6.45) is 3.42. The number of phenolic OH excluding ortho intramolecular Hbond substituents is 2. The molecule has 0 unspecified atom stereocenters. The molecule has 39 heavy (non-hydrogen) atoms. The molecule has 0 saturated heterocycles. The molecule has 0 aliphatic heterocycles. The predicted molar refractivity (Wildman–Crippen MR) is 161 cm³/mol.